The molecule has 168 valence electrons. The van der Waals surface area contributed by atoms with Crippen molar-refractivity contribution in [1.29, 1.82) is 0 Å². The van der Waals surface area contributed by atoms with Crippen LogP contribution in [0.3, 0.4) is 0 Å². The lowest BCUT2D eigenvalue weighted by Crippen LogP contribution is -2.42. The van der Waals surface area contributed by atoms with Gasteiger partial charge in [-0.1, -0.05) is 47.0 Å². The quantitative estimate of drug-likeness (QED) is 0.383. The van der Waals surface area contributed by atoms with Crippen LogP contribution < -0.4 is 5.32 Å². The maximum atomic E-state index is 11.3. The number of hydrogen-bond acceptors (Lipinski definition) is 3. The molecule has 6 aliphatic rings. The molecule has 0 aromatic rings. The zero-order valence-corrected chi connectivity index (χ0v) is 19.9. The fraction of sp³-hybridized carbons (Fsp3) is 0.654. The molecule has 0 spiro atoms. The Kier molecular flexibility index (Phi) is 6.24. The van der Waals surface area contributed by atoms with E-state index in [-0.39, 0.29) is 5.92 Å². The Hall–Kier alpha value is -0.870. The van der Waals surface area contributed by atoms with E-state index in [1.807, 2.05) is 12.3 Å². The van der Waals surface area contributed by atoms with Crippen molar-refractivity contribution >= 4 is 29.4 Å². The average molecular weight is 461 g/mol. The van der Waals surface area contributed by atoms with Gasteiger partial charge in [0.05, 0.1) is 12.6 Å². The minimum Gasteiger partial charge on any atom is -0.388 e. The average Bonchev–Trinajstić information content (AvgIpc) is 3.12. The van der Waals surface area contributed by atoms with Crippen LogP contribution >= 0.6 is 23.2 Å². The van der Waals surface area contributed by atoms with Gasteiger partial charge in [-0.3, -0.25) is 4.99 Å². The predicted octanol–water partition coefficient (Wildman–Crippen LogP) is 5.60. The van der Waals surface area contributed by atoms with Crippen LogP contribution in [0, 0.1) is 35.0 Å². The maximum Gasteiger partial charge on any atom is 0.0872 e. The summed E-state index contributed by atoms with van der Waals surface area (Å²) in [7, 11) is 0. The lowest BCUT2D eigenvalue weighted by atomic mass is 9.59. The zero-order chi connectivity index (χ0) is 21.6. The number of hydrogen-bond donors (Lipinski definition) is 2. The van der Waals surface area contributed by atoms with E-state index >= 15 is 0 Å². The lowest BCUT2D eigenvalue weighted by molar-refractivity contribution is 0.0239. The van der Waals surface area contributed by atoms with Crippen LogP contribution in [0.4, 0.5) is 0 Å². The highest BCUT2D eigenvalue weighted by Crippen LogP contribution is 2.67. The predicted molar refractivity (Wildman–Crippen MR) is 130 cm³/mol. The van der Waals surface area contributed by atoms with E-state index in [9.17, 15) is 5.11 Å². The molecule has 6 aliphatic carbocycles. The Morgan fingerprint density at radius 1 is 1.16 bits per heavy atom. The molecule has 4 bridgehead atoms. The van der Waals surface area contributed by atoms with Gasteiger partial charge < -0.3 is 10.4 Å². The van der Waals surface area contributed by atoms with Crippen molar-refractivity contribution in [2.75, 3.05) is 19.6 Å². The van der Waals surface area contributed by atoms with Gasteiger partial charge in [0.25, 0.3) is 0 Å². The third-order valence-corrected chi connectivity index (χ3v) is 8.91. The minimum absolute atomic E-state index is 0.258. The van der Waals surface area contributed by atoms with E-state index in [2.05, 4.69) is 35.5 Å². The molecule has 0 saturated heterocycles. The van der Waals surface area contributed by atoms with Crippen LogP contribution in [-0.2, 0) is 0 Å². The molecule has 0 aromatic carbocycles. The number of allylic oxidation sites excluding steroid dienone is 5. The van der Waals surface area contributed by atoms with Crippen molar-refractivity contribution in [3.63, 3.8) is 0 Å². The molecule has 5 atom stereocenters. The summed E-state index contributed by atoms with van der Waals surface area (Å²) in [5.74, 6) is 3.35. The maximum absolute atomic E-state index is 11.3. The number of nitrogens with zero attached hydrogens (tertiary/aromatic N) is 1. The molecule has 4 saturated carbocycles. The largest absolute Gasteiger partial charge is 0.388 e. The molecule has 0 heterocycles. The van der Waals surface area contributed by atoms with Crippen LogP contribution in [0.5, 0.6) is 0 Å². The summed E-state index contributed by atoms with van der Waals surface area (Å²) in [5, 5.41) is 16.3. The molecule has 6 rings (SSSR count). The first-order valence-corrected chi connectivity index (χ1v) is 12.7. The van der Waals surface area contributed by atoms with Gasteiger partial charge in [0, 0.05) is 35.3 Å². The van der Waals surface area contributed by atoms with E-state index in [0.717, 1.165) is 52.9 Å². The molecule has 31 heavy (non-hydrogen) atoms. The summed E-state index contributed by atoms with van der Waals surface area (Å²) >= 11 is 12.2. The molecule has 0 aromatic heterocycles. The second kappa shape index (κ2) is 8.82. The second-order valence-corrected chi connectivity index (χ2v) is 11.6. The lowest BCUT2D eigenvalue weighted by Gasteiger charge is -2.46. The molecule has 0 amide bonds. The smallest absolute Gasteiger partial charge is 0.0872 e. The van der Waals surface area contributed by atoms with E-state index < -0.39 is 6.10 Å². The number of aliphatic imine (C=N–C) groups is 1. The van der Waals surface area contributed by atoms with E-state index in [0.29, 0.717) is 17.9 Å². The van der Waals surface area contributed by atoms with Crippen LogP contribution in [-0.4, -0.2) is 37.1 Å². The van der Waals surface area contributed by atoms with E-state index in [4.69, 9.17) is 23.2 Å². The Balaban J connectivity index is 1.14. The van der Waals surface area contributed by atoms with Gasteiger partial charge in [0.2, 0.25) is 0 Å². The summed E-state index contributed by atoms with van der Waals surface area (Å²) in [6.07, 6.45) is 17.6. The summed E-state index contributed by atoms with van der Waals surface area (Å²) in [6.45, 7) is 4.51. The van der Waals surface area contributed by atoms with Crippen molar-refractivity contribution in [1.82, 2.24) is 5.32 Å². The summed E-state index contributed by atoms with van der Waals surface area (Å²) < 4.78 is 0. The van der Waals surface area contributed by atoms with Gasteiger partial charge in [-0.05, 0) is 86.2 Å². The van der Waals surface area contributed by atoms with Gasteiger partial charge in [0.15, 0.2) is 0 Å². The first kappa shape index (κ1) is 21.9. The Bertz CT molecular complexity index is 851. The SMILES string of the molecule is CC1=CC(C23CC4CC(C2)C(C4)C3)C(O)C(/C=N/CCNCC2C=C(Cl)C=C(Cl)C2)=C1. The molecule has 3 nitrogen and oxygen atoms in total. The highest BCUT2D eigenvalue weighted by Gasteiger charge is 2.59. The van der Waals surface area contributed by atoms with Gasteiger partial charge in [-0.15, -0.1) is 0 Å². The molecule has 0 aliphatic heterocycles. The Morgan fingerprint density at radius 3 is 2.65 bits per heavy atom. The van der Waals surface area contributed by atoms with Gasteiger partial charge in [-0.2, -0.15) is 0 Å². The Morgan fingerprint density at radius 2 is 1.94 bits per heavy atom. The summed E-state index contributed by atoms with van der Waals surface area (Å²) in [5.41, 5.74) is 2.59. The fourth-order valence-electron chi connectivity index (χ4n) is 7.41. The Labute approximate surface area is 196 Å². The molecular formula is C26H34Cl2N2O. The number of aliphatic hydroxyl groups is 1. The van der Waals surface area contributed by atoms with E-state index in [1.54, 1.807) is 0 Å². The third kappa shape index (κ3) is 4.49. The molecule has 5 unspecified atom stereocenters. The van der Waals surface area contributed by atoms with Crippen molar-refractivity contribution in [3.8, 4) is 0 Å². The van der Waals surface area contributed by atoms with Crippen molar-refractivity contribution < 1.29 is 5.11 Å². The van der Waals surface area contributed by atoms with Crippen LogP contribution in [0.15, 0.2) is 50.5 Å². The zero-order valence-electron chi connectivity index (χ0n) is 18.4. The van der Waals surface area contributed by atoms with Crippen LogP contribution in [0.1, 0.15) is 45.4 Å². The topological polar surface area (TPSA) is 44.6 Å². The van der Waals surface area contributed by atoms with Crippen molar-refractivity contribution in [3.05, 3.63) is 45.5 Å². The number of rotatable bonds is 7. The standard InChI is InChI=1S/C26H34Cl2N2O/c1-16-4-21(15-30-3-2-29-14-18-8-22(27)10-23(28)9-18)25(31)24(5-16)26-11-17-6-19(12-26)20(7-17)13-26/h4-5,8,10,15,17-20,24-25,29,31H,2-3,6-7,9,11-14H2,1H3/b30-15+. The van der Waals surface area contributed by atoms with Crippen molar-refractivity contribution in [2.45, 2.75) is 51.6 Å². The van der Waals surface area contributed by atoms with Crippen molar-refractivity contribution in [2.24, 2.45) is 40.0 Å². The third-order valence-electron chi connectivity index (χ3n) is 8.41. The monoisotopic (exact) mass is 460 g/mol. The molecular weight excluding hydrogens is 427 g/mol. The van der Waals surface area contributed by atoms with Crippen LogP contribution in [0.2, 0.25) is 0 Å². The minimum atomic E-state index is -0.417. The highest BCUT2D eigenvalue weighted by molar-refractivity contribution is 6.34. The van der Waals surface area contributed by atoms with Gasteiger partial charge in [-0.25, -0.2) is 0 Å². The summed E-state index contributed by atoms with van der Waals surface area (Å²) in [4.78, 5) is 4.63. The first-order valence-electron chi connectivity index (χ1n) is 11.9. The normalized spacial score (nSPS) is 41.4. The molecule has 0 radical (unpaired) electrons. The fourth-order valence-corrected chi connectivity index (χ4v) is 8.09. The molecule has 2 N–H and O–H groups in total. The van der Waals surface area contributed by atoms with Gasteiger partial charge in [0.1, 0.15) is 0 Å². The molecule has 4 fully saturated rings. The number of halogens is 2. The van der Waals surface area contributed by atoms with E-state index in [1.165, 1.54) is 37.7 Å². The second-order valence-electron chi connectivity index (χ2n) is 10.7. The first-order chi connectivity index (χ1) is 14.9. The number of aliphatic hydroxyl groups excluding tert-OH is 1. The highest BCUT2D eigenvalue weighted by atomic mass is 35.5. The number of nitrogens with one attached hydrogen (secondary N) is 1. The molecule has 5 heteroatoms. The van der Waals surface area contributed by atoms with Crippen LogP contribution in [0.25, 0.3) is 0 Å². The van der Waals surface area contributed by atoms with Gasteiger partial charge >= 0.3 is 0 Å². The summed E-state index contributed by atoms with van der Waals surface area (Å²) in [6, 6.07) is 0.